The average Bonchev–Trinajstić information content (AvgIpc) is 3.39. The summed E-state index contributed by atoms with van der Waals surface area (Å²) in [6, 6.07) is 81.4. The molecule has 0 aliphatic rings. The zero-order chi connectivity index (χ0) is 43.6. The Balaban J connectivity index is 1.15. The molecule has 13 rings (SSSR count). The maximum Gasteiger partial charge on any atom is 0.160 e. The lowest BCUT2D eigenvalue weighted by Gasteiger charge is -2.19. The van der Waals surface area contributed by atoms with Crippen molar-refractivity contribution in [3.63, 3.8) is 0 Å². The molecular formula is C63H39N3. The van der Waals surface area contributed by atoms with Gasteiger partial charge in [-0.1, -0.05) is 182 Å². The summed E-state index contributed by atoms with van der Waals surface area (Å²) in [5.41, 5.74) is 11.5. The number of benzene rings is 11. The second-order valence-electron chi connectivity index (χ2n) is 17.2. The normalized spacial score (nSPS) is 11.6. The monoisotopic (exact) mass is 837 g/mol. The van der Waals surface area contributed by atoms with Gasteiger partial charge in [0.2, 0.25) is 0 Å². The van der Waals surface area contributed by atoms with Gasteiger partial charge in [-0.2, -0.15) is 0 Å². The third kappa shape index (κ3) is 6.40. The Morgan fingerprint density at radius 2 is 0.712 bits per heavy atom. The highest BCUT2D eigenvalue weighted by atomic mass is 14.9. The predicted molar refractivity (Wildman–Crippen MR) is 277 cm³/mol. The summed E-state index contributed by atoms with van der Waals surface area (Å²) in [6.07, 6.45) is 3.71. The van der Waals surface area contributed by atoms with E-state index in [-0.39, 0.29) is 0 Å². The number of aromatic nitrogens is 3. The van der Waals surface area contributed by atoms with Gasteiger partial charge >= 0.3 is 0 Å². The molecule has 0 bridgehead atoms. The Kier molecular flexibility index (Phi) is 8.85. The first-order valence-corrected chi connectivity index (χ1v) is 22.5. The summed E-state index contributed by atoms with van der Waals surface area (Å²) in [5, 5.41) is 14.6. The van der Waals surface area contributed by atoms with E-state index in [9.17, 15) is 0 Å². The first-order valence-electron chi connectivity index (χ1n) is 22.5. The van der Waals surface area contributed by atoms with Crippen molar-refractivity contribution < 1.29 is 0 Å². The second-order valence-corrected chi connectivity index (χ2v) is 17.2. The minimum Gasteiger partial charge on any atom is -0.264 e. The molecule has 0 aliphatic carbocycles. The molecule has 3 heteroatoms. The van der Waals surface area contributed by atoms with E-state index in [1.807, 2.05) is 24.5 Å². The van der Waals surface area contributed by atoms with Gasteiger partial charge < -0.3 is 0 Å². The van der Waals surface area contributed by atoms with Gasteiger partial charge in [-0.15, -0.1) is 0 Å². The molecule has 0 saturated carbocycles. The summed E-state index contributed by atoms with van der Waals surface area (Å²) in [7, 11) is 0. The average molecular weight is 838 g/mol. The Morgan fingerprint density at radius 1 is 0.258 bits per heavy atom. The minimum absolute atomic E-state index is 0.676. The summed E-state index contributed by atoms with van der Waals surface area (Å²) in [5.74, 6) is 0.676. The minimum atomic E-state index is 0.676. The molecule has 66 heavy (non-hydrogen) atoms. The van der Waals surface area contributed by atoms with E-state index in [2.05, 4.69) is 217 Å². The highest BCUT2D eigenvalue weighted by Crippen LogP contribution is 2.46. The van der Waals surface area contributed by atoms with Crippen LogP contribution in [0, 0.1) is 0 Å². The fourth-order valence-corrected chi connectivity index (χ4v) is 10.2. The van der Waals surface area contributed by atoms with Crippen molar-refractivity contribution in [3.8, 4) is 67.3 Å². The summed E-state index contributed by atoms with van der Waals surface area (Å²) in [4.78, 5) is 15.1. The topological polar surface area (TPSA) is 38.7 Å². The van der Waals surface area contributed by atoms with E-state index in [0.29, 0.717) is 5.82 Å². The van der Waals surface area contributed by atoms with Crippen LogP contribution in [0.4, 0.5) is 0 Å². The first-order chi connectivity index (χ1) is 32.7. The molecule has 0 spiro atoms. The van der Waals surface area contributed by atoms with Crippen LogP contribution in [-0.2, 0) is 0 Å². The van der Waals surface area contributed by atoms with Crippen LogP contribution >= 0.6 is 0 Å². The van der Waals surface area contributed by atoms with E-state index in [4.69, 9.17) is 9.97 Å². The van der Waals surface area contributed by atoms with E-state index < -0.39 is 0 Å². The maximum absolute atomic E-state index is 5.46. The lowest BCUT2D eigenvalue weighted by atomic mass is 9.84. The second kappa shape index (κ2) is 15.5. The molecule has 0 radical (unpaired) electrons. The number of fused-ring (bicyclic) bond motifs is 8. The van der Waals surface area contributed by atoms with Crippen LogP contribution in [0.25, 0.3) is 132 Å². The Bertz CT molecular complexity index is 3850. The fraction of sp³-hybridized carbons (Fsp3) is 0. The molecular weight excluding hydrogens is 799 g/mol. The molecule has 11 aromatic carbocycles. The highest BCUT2D eigenvalue weighted by Gasteiger charge is 2.20. The quantitative estimate of drug-likeness (QED) is 0.124. The third-order valence-electron chi connectivity index (χ3n) is 13.2. The van der Waals surface area contributed by atoms with Gasteiger partial charge in [0, 0.05) is 29.1 Å². The smallest absolute Gasteiger partial charge is 0.160 e. The van der Waals surface area contributed by atoms with Crippen LogP contribution in [0.5, 0.6) is 0 Å². The lowest BCUT2D eigenvalue weighted by molar-refractivity contribution is 1.18. The SMILES string of the molecule is c1ccc(-c2nc(-c3ccc(-c4cccnc4)cc3)cc(-c3cc(-c4c5ccccc5cc5ccc6ccccc6c45)cc(-c4c5ccccc5cc5ccc6ccccc6c45)c3)n2)cc1. The number of hydrogen-bond acceptors (Lipinski definition) is 3. The number of pyridine rings is 1. The highest BCUT2D eigenvalue weighted by molar-refractivity contribution is 6.24. The molecule has 0 unspecified atom stereocenters. The third-order valence-corrected chi connectivity index (χ3v) is 13.2. The van der Waals surface area contributed by atoms with E-state index in [0.717, 1.165) is 50.3 Å². The van der Waals surface area contributed by atoms with E-state index in [1.165, 1.54) is 75.8 Å². The molecule has 13 aromatic rings. The van der Waals surface area contributed by atoms with Gasteiger partial charge in [-0.05, 0) is 140 Å². The molecule has 2 aromatic heterocycles. The fourth-order valence-electron chi connectivity index (χ4n) is 10.2. The first kappa shape index (κ1) is 37.7. The zero-order valence-corrected chi connectivity index (χ0v) is 35.9. The molecule has 0 amide bonds. The van der Waals surface area contributed by atoms with Crippen molar-refractivity contribution in [2.24, 2.45) is 0 Å². The molecule has 0 atom stereocenters. The van der Waals surface area contributed by atoms with Gasteiger partial charge in [0.05, 0.1) is 11.4 Å². The van der Waals surface area contributed by atoms with Crippen molar-refractivity contribution in [2.45, 2.75) is 0 Å². The van der Waals surface area contributed by atoms with Crippen LogP contribution in [0.1, 0.15) is 0 Å². The number of hydrogen-bond donors (Lipinski definition) is 0. The van der Waals surface area contributed by atoms with E-state index in [1.54, 1.807) is 0 Å². The van der Waals surface area contributed by atoms with Gasteiger partial charge in [-0.3, -0.25) is 4.98 Å². The van der Waals surface area contributed by atoms with Crippen molar-refractivity contribution in [2.75, 3.05) is 0 Å². The molecule has 0 fully saturated rings. The Labute approximate surface area is 382 Å². The summed E-state index contributed by atoms with van der Waals surface area (Å²) in [6.45, 7) is 0. The molecule has 0 aliphatic heterocycles. The van der Waals surface area contributed by atoms with E-state index >= 15 is 0 Å². The predicted octanol–water partition coefficient (Wildman–Crippen LogP) is 16.8. The number of rotatable bonds is 6. The largest absolute Gasteiger partial charge is 0.264 e. The van der Waals surface area contributed by atoms with Crippen LogP contribution in [-0.4, -0.2) is 15.0 Å². The van der Waals surface area contributed by atoms with Gasteiger partial charge in [0.1, 0.15) is 0 Å². The van der Waals surface area contributed by atoms with Crippen LogP contribution in [0.15, 0.2) is 237 Å². The van der Waals surface area contributed by atoms with Crippen molar-refractivity contribution in [1.82, 2.24) is 15.0 Å². The van der Waals surface area contributed by atoms with Crippen molar-refractivity contribution >= 4 is 64.6 Å². The molecule has 3 nitrogen and oxygen atoms in total. The van der Waals surface area contributed by atoms with Gasteiger partial charge in [0.15, 0.2) is 5.82 Å². The standard InChI is InChI=1S/C63H39N3/c1-2-15-44(16-3-1)63-65-57(43-28-24-40(25-29-43)49-19-12-32-64-39-49)38-58(66-63)50-35-51(61-55-22-10-6-17-45(55)33-47-30-26-41-13-4-8-20-53(41)59(47)61)37-52(36-50)62-56-23-11-7-18-46(56)34-48-31-27-42-14-5-9-21-54(42)60(48)62/h1-39H. The van der Waals surface area contributed by atoms with Crippen LogP contribution < -0.4 is 0 Å². The molecule has 0 N–H and O–H groups in total. The van der Waals surface area contributed by atoms with Crippen molar-refractivity contribution in [3.05, 3.63) is 237 Å². The van der Waals surface area contributed by atoms with Gasteiger partial charge in [-0.25, -0.2) is 9.97 Å². The lowest BCUT2D eigenvalue weighted by Crippen LogP contribution is -1.97. The molecule has 0 saturated heterocycles. The zero-order valence-electron chi connectivity index (χ0n) is 35.9. The molecule has 2 heterocycles. The number of nitrogens with zero attached hydrogens (tertiary/aromatic N) is 3. The van der Waals surface area contributed by atoms with Crippen molar-refractivity contribution in [1.29, 1.82) is 0 Å². The van der Waals surface area contributed by atoms with Crippen LogP contribution in [0.3, 0.4) is 0 Å². The summed E-state index contributed by atoms with van der Waals surface area (Å²) >= 11 is 0. The Hall–Kier alpha value is -8.79. The van der Waals surface area contributed by atoms with Crippen LogP contribution in [0.2, 0.25) is 0 Å². The van der Waals surface area contributed by atoms with Gasteiger partial charge in [0.25, 0.3) is 0 Å². The maximum atomic E-state index is 5.46. The molecule has 306 valence electrons. The Morgan fingerprint density at radius 3 is 1.27 bits per heavy atom. The summed E-state index contributed by atoms with van der Waals surface area (Å²) < 4.78 is 0.